The number of carbonyl (C=O) groups is 2. The first-order valence-corrected chi connectivity index (χ1v) is 7.78. The van der Waals surface area contributed by atoms with Gasteiger partial charge < -0.3 is 19.4 Å². The Hall–Kier alpha value is -1.82. The number of furan rings is 1. The lowest BCUT2D eigenvalue weighted by Gasteiger charge is -2.32. The van der Waals surface area contributed by atoms with E-state index in [4.69, 9.17) is 9.15 Å². The van der Waals surface area contributed by atoms with Crippen LogP contribution in [0.1, 0.15) is 42.8 Å². The molecular weight excluding hydrogens is 284 g/mol. The van der Waals surface area contributed by atoms with Gasteiger partial charge in [0.1, 0.15) is 11.9 Å². The Morgan fingerprint density at radius 1 is 1.45 bits per heavy atom. The summed E-state index contributed by atoms with van der Waals surface area (Å²) in [6.45, 7) is 7.20. The van der Waals surface area contributed by atoms with Crippen LogP contribution >= 0.6 is 0 Å². The van der Waals surface area contributed by atoms with E-state index in [2.05, 4.69) is 5.32 Å². The van der Waals surface area contributed by atoms with Crippen molar-refractivity contribution in [2.45, 2.75) is 45.8 Å². The van der Waals surface area contributed by atoms with Crippen molar-refractivity contribution in [1.29, 1.82) is 0 Å². The predicted octanol–water partition coefficient (Wildman–Crippen LogP) is 1.73. The van der Waals surface area contributed by atoms with Crippen molar-refractivity contribution in [2.24, 2.45) is 0 Å². The second-order valence-electron chi connectivity index (χ2n) is 5.56. The van der Waals surface area contributed by atoms with Gasteiger partial charge in [-0.15, -0.1) is 0 Å². The maximum atomic E-state index is 12.4. The minimum atomic E-state index is -0.432. The highest BCUT2D eigenvalue weighted by atomic mass is 16.5. The number of amides is 2. The Kier molecular flexibility index (Phi) is 5.60. The zero-order valence-electron chi connectivity index (χ0n) is 13.4. The second-order valence-corrected chi connectivity index (χ2v) is 5.56. The van der Waals surface area contributed by atoms with Crippen LogP contribution in [0.4, 0.5) is 0 Å². The van der Waals surface area contributed by atoms with Gasteiger partial charge in [-0.3, -0.25) is 9.59 Å². The van der Waals surface area contributed by atoms with Crippen molar-refractivity contribution in [3.63, 3.8) is 0 Å². The van der Waals surface area contributed by atoms with Gasteiger partial charge in [-0.1, -0.05) is 0 Å². The minimum absolute atomic E-state index is 0.00119. The summed E-state index contributed by atoms with van der Waals surface area (Å²) in [5.41, 5.74) is 0.618. The van der Waals surface area contributed by atoms with Crippen LogP contribution < -0.4 is 5.32 Å². The summed E-state index contributed by atoms with van der Waals surface area (Å²) in [4.78, 5) is 26.1. The Morgan fingerprint density at radius 2 is 2.14 bits per heavy atom. The molecule has 1 aromatic rings. The first-order chi connectivity index (χ1) is 10.5. The maximum absolute atomic E-state index is 12.4. The standard InChI is InChI=1S/C16H24N2O4/c1-4-21-12(3)15(19)17-13-5-8-18(9-6-13)16(20)14-7-10-22-11(14)2/h7,10,12-13H,4-6,8-9H2,1-3H3,(H,17,19). The van der Waals surface area contributed by atoms with Gasteiger partial charge in [-0.2, -0.15) is 0 Å². The third-order valence-electron chi connectivity index (χ3n) is 4.00. The van der Waals surface area contributed by atoms with Crippen molar-refractivity contribution < 1.29 is 18.7 Å². The number of carbonyl (C=O) groups excluding carboxylic acids is 2. The minimum Gasteiger partial charge on any atom is -0.469 e. The highest BCUT2D eigenvalue weighted by molar-refractivity contribution is 5.95. The molecule has 0 spiro atoms. The Bertz CT molecular complexity index is 518. The average Bonchev–Trinajstić information content (AvgIpc) is 2.93. The summed E-state index contributed by atoms with van der Waals surface area (Å²) in [5.74, 6) is 0.557. The van der Waals surface area contributed by atoms with Gasteiger partial charge >= 0.3 is 0 Å². The predicted molar refractivity (Wildman–Crippen MR) is 81.6 cm³/mol. The summed E-state index contributed by atoms with van der Waals surface area (Å²) in [6, 6.07) is 1.81. The number of rotatable bonds is 5. The quantitative estimate of drug-likeness (QED) is 0.899. The maximum Gasteiger partial charge on any atom is 0.257 e. The number of piperidine rings is 1. The molecule has 1 atom stereocenters. The normalized spacial score (nSPS) is 17.3. The van der Waals surface area contributed by atoms with Gasteiger partial charge in [-0.25, -0.2) is 0 Å². The number of likely N-dealkylation sites (tertiary alicyclic amines) is 1. The van der Waals surface area contributed by atoms with E-state index < -0.39 is 6.10 Å². The molecule has 1 N–H and O–H groups in total. The Balaban J connectivity index is 1.82. The molecule has 2 amide bonds. The zero-order valence-corrected chi connectivity index (χ0v) is 13.4. The van der Waals surface area contributed by atoms with E-state index in [0.717, 1.165) is 12.8 Å². The third kappa shape index (κ3) is 3.88. The van der Waals surface area contributed by atoms with Crippen LogP contribution in [-0.4, -0.2) is 48.6 Å². The lowest BCUT2D eigenvalue weighted by atomic mass is 10.0. The van der Waals surface area contributed by atoms with Crippen LogP contribution in [0.5, 0.6) is 0 Å². The van der Waals surface area contributed by atoms with Gasteiger partial charge in [0.25, 0.3) is 5.91 Å². The van der Waals surface area contributed by atoms with Crippen molar-refractivity contribution in [1.82, 2.24) is 10.2 Å². The molecule has 0 aliphatic carbocycles. The molecule has 2 heterocycles. The summed E-state index contributed by atoms with van der Waals surface area (Å²) < 4.78 is 10.5. The summed E-state index contributed by atoms with van der Waals surface area (Å²) in [5, 5.41) is 2.99. The van der Waals surface area contributed by atoms with E-state index in [1.54, 1.807) is 19.9 Å². The molecule has 2 rings (SSSR count). The summed E-state index contributed by atoms with van der Waals surface area (Å²) >= 11 is 0. The SMILES string of the molecule is CCOC(C)C(=O)NC1CCN(C(=O)c2ccoc2C)CC1. The average molecular weight is 308 g/mol. The molecule has 1 unspecified atom stereocenters. The fourth-order valence-electron chi connectivity index (χ4n) is 2.65. The number of ether oxygens (including phenoxy) is 1. The molecule has 6 nitrogen and oxygen atoms in total. The molecule has 1 aromatic heterocycles. The van der Waals surface area contributed by atoms with Crippen molar-refractivity contribution in [2.75, 3.05) is 19.7 Å². The topological polar surface area (TPSA) is 71.8 Å². The van der Waals surface area contributed by atoms with Crippen LogP contribution in [0.2, 0.25) is 0 Å². The number of hydrogen-bond acceptors (Lipinski definition) is 4. The third-order valence-corrected chi connectivity index (χ3v) is 4.00. The van der Waals surface area contributed by atoms with Gasteiger partial charge in [-0.05, 0) is 39.7 Å². The van der Waals surface area contributed by atoms with Gasteiger partial charge in [0.15, 0.2) is 0 Å². The highest BCUT2D eigenvalue weighted by Gasteiger charge is 2.27. The molecule has 1 saturated heterocycles. The lowest BCUT2D eigenvalue weighted by Crippen LogP contribution is -2.48. The molecule has 0 saturated carbocycles. The molecule has 0 aromatic carbocycles. The number of nitrogens with zero attached hydrogens (tertiary/aromatic N) is 1. The number of aryl methyl sites for hydroxylation is 1. The van der Waals surface area contributed by atoms with Crippen molar-refractivity contribution in [3.8, 4) is 0 Å². The largest absolute Gasteiger partial charge is 0.469 e. The number of nitrogens with one attached hydrogen (secondary N) is 1. The second kappa shape index (κ2) is 7.45. The monoisotopic (exact) mass is 308 g/mol. The molecule has 122 valence electrons. The molecule has 0 radical (unpaired) electrons. The van der Waals surface area contributed by atoms with E-state index in [1.807, 2.05) is 11.8 Å². The van der Waals surface area contributed by atoms with Gasteiger partial charge in [0, 0.05) is 25.7 Å². The molecule has 0 bridgehead atoms. The van der Waals surface area contributed by atoms with Crippen LogP contribution in [-0.2, 0) is 9.53 Å². The molecule has 1 aliphatic rings. The van der Waals surface area contributed by atoms with E-state index in [-0.39, 0.29) is 17.9 Å². The van der Waals surface area contributed by atoms with Gasteiger partial charge in [0.2, 0.25) is 5.91 Å². The first kappa shape index (κ1) is 16.5. The molecule has 1 aliphatic heterocycles. The van der Waals surface area contributed by atoms with Crippen LogP contribution in [0, 0.1) is 6.92 Å². The molecule has 22 heavy (non-hydrogen) atoms. The Morgan fingerprint density at radius 3 is 2.68 bits per heavy atom. The molecule has 6 heteroatoms. The Labute approximate surface area is 130 Å². The highest BCUT2D eigenvalue weighted by Crippen LogP contribution is 2.17. The van der Waals surface area contributed by atoms with Crippen molar-refractivity contribution in [3.05, 3.63) is 23.7 Å². The van der Waals surface area contributed by atoms with Gasteiger partial charge in [0.05, 0.1) is 11.8 Å². The van der Waals surface area contributed by atoms with E-state index in [0.29, 0.717) is 31.0 Å². The first-order valence-electron chi connectivity index (χ1n) is 7.78. The van der Waals surface area contributed by atoms with Crippen LogP contribution in [0.15, 0.2) is 16.7 Å². The van der Waals surface area contributed by atoms with Crippen LogP contribution in [0.3, 0.4) is 0 Å². The van der Waals surface area contributed by atoms with E-state index >= 15 is 0 Å². The molecule has 1 fully saturated rings. The van der Waals surface area contributed by atoms with E-state index in [1.165, 1.54) is 6.26 Å². The summed E-state index contributed by atoms with van der Waals surface area (Å²) in [6.07, 6.45) is 2.61. The van der Waals surface area contributed by atoms with Crippen LogP contribution in [0.25, 0.3) is 0 Å². The zero-order chi connectivity index (χ0) is 16.1. The number of hydrogen-bond donors (Lipinski definition) is 1. The fraction of sp³-hybridized carbons (Fsp3) is 0.625. The lowest BCUT2D eigenvalue weighted by molar-refractivity contribution is -0.132. The fourth-order valence-corrected chi connectivity index (χ4v) is 2.65. The summed E-state index contributed by atoms with van der Waals surface area (Å²) in [7, 11) is 0. The smallest absolute Gasteiger partial charge is 0.257 e. The van der Waals surface area contributed by atoms with E-state index in [9.17, 15) is 9.59 Å². The molecular formula is C16H24N2O4. The van der Waals surface area contributed by atoms with Crippen molar-refractivity contribution >= 4 is 11.8 Å².